The molecule has 8 heteroatoms. The van der Waals surface area contributed by atoms with Crippen LogP contribution in [0.25, 0.3) is 0 Å². The van der Waals surface area contributed by atoms with E-state index in [0.29, 0.717) is 6.42 Å². The van der Waals surface area contributed by atoms with Gasteiger partial charge >= 0.3 is 6.18 Å². The van der Waals surface area contributed by atoms with Gasteiger partial charge < -0.3 is 4.74 Å². The first-order valence-corrected chi connectivity index (χ1v) is 8.63. The Bertz CT molecular complexity index is 661. The van der Waals surface area contributed by atoms with Crippen LogP contribution in [0.15, 0.2) is 24.3 Å². The van der Waals surface area contributed by atoms with E-state index in [0.717, 1.165) is 18.6 Å². The number of ether oxygens (including phenoxy) is 1. The molecule has 1 aromatic rings. The van der Waals surface area contributed by atoms with Gasteiger partial charge in [-0.05, 0) is 24.6 Å². The lowest BCUT2D eigenvalue weighted by atomic mass is 10.2. The van der Waals surface area contributed by atoms with E-state index in [9.17, 15) is 21.6 Å². The van der Waals surface area contributed by atoms with Gasteiger partial charge in [-0.2, -0.15) is 13.2 Å². The van der Waals surface area contributed by atoms with Crippen LogP contribution in [0.2, 0.25) is 0 Å². The van der Waals surface area contributed by atoms with Crippen LogP contribution in [-0.2, 0) is 16.2 Å². The molecule has 0 aromatic heterocycles. The monoisotopic (exact) mass is 349 g/mol. The van der Waals surface area contributed by atoms with Gasteiger partial charge in [0.25, 0.3) is 0 Å². The molecule has 0 atom stereocenters. The van der Waals surface area contributed by atoms with E-state index in [2.05, 4.69) is 16.6 Å². The van der Waals surface area contributed by atoms with Crippen molar-refractivity contribution in [3.05, 3.63) is 29.8 Å². The minimum absolute atomic E-state index is 0.0475. The minimum Gasteiger partial charge on any atom is -0.481 e. The average Bonchev–Trinajstić information content (AvgIpc) is 2.48. The zero-order chi connectivity index (χ0) is 17.3. The lowest BCUT2D eigenvalue weighted by Gasteiger charge is -2.08. The lowest BCUT2D eigenvalue weighted by molar-refractivity contribution is -0.137. The number of sulfonamides is 1. The van der Waals surface area contributed by atoms with E-state index < -0.39 is 21.8 Å². The van der Waals surface area contributed by atoms with Gasteiger partial charge in [0.15, 0.2) is 0 Å². The molecule has 0 aliphatic heterocycles. The van der Waals surface area contributed by atoms with Gasteiger partial charge in [-0.15, -0.1) is 0 Å². The van der Waals surface area contributed by atoms with Gasteiger partial charge in [0.2, 0.25) is 10.0 Å². The molecule has 0 unspecified atom stereocenters. The highest BCUT2D eigenvalue weighted by atomic mass is 32.2. The smallest absolute Gasteiger partial charge is 0.416 e. The molecule has 23 heavy (non-hydrogen) atoms. The molecule has 4 nitrogen and oxygen atoms in total. The van der Waals surface area contributed by atoms with Crippen LogP contribution in [0, 0.1) is 11.8 Å². The summed E-state index contributed by atoms with van der Waals surface area (Å²) < 4.78 is 67.8. The highest BCUT2D eigenvalue weighted by Crippen LogP contribution is 2.31. The van der Waals surface area contributed by atoms with Crippen molar-refractivity contribution in [2.24, 2.45) is 0 Å². The molecule has 0 heterocycles. The maximum atomic E-state index is 12.5. The van der Waals surface area contributed by atoms with Gasteiger partial charge in [-0.3, -0.25) is 0 Å². The molecule has 0 spiro atoms. The van der Waals surface area contributed by atoms with E-state index >= 15 is 0 Å². The van der Waals surface area contributed by atoms with Crippen LogP contribution in [0.5, 0.6) is 5.75 Å². The molecule has 1 aromatic carbocycles. The first-order chi connectivity index (χ1) is 10.7. The number of hydrogen-bond donors (Lipinski definition) is 1. The molecule has 1 rings (SSSR count). The Labute approximate surface area is 134 Å². The summed E-state index contributed by atoms with van der Waals surface area (Å²) in [6, 6.07) is 4.47. The summed E-state index contributed by atoms with van der Waals surface area (Å²) in [5.74, 6) is 5.19. The molecule has 128 valence electrons. The van der Waals surface area contributed by atoms with Gasteiger partial charge in [-0.25, -0.2) is 13.1 Å². The van der Waals surface area contributed by atoms with Gasteiger partial charge in [0.1, 0.15) is 12.4 Å². The Hall–Kier alpha value is -1.72. The second-order valence-electron chi connectivity index (χ2n) is 4.66. The largest absolute Gasteiger partial charge is 0.481 e. The van der Waals surface area contributed by atoms with Crippen molar-refractivity contribution < 1.29 is 26.3 Å². The third kappa shape index (κ3) is 7.90. The van der Waals surface area contributed by atoms with Gasteiger partial charge in [0, 0.05) is 0 Å². The highest BCUT2D eigenvalue weighted by molar-refractivity contribution is 7.89. The number of hydrogen-bond acceptors (Lipinski definition) is 3. The maximum Gasteiger partial charge on any atom is 0.416 e. The third-order valence-corrected chi connectivity index (χ3v) is 4.15. The SMILES string of the molecule is CCCCS(=O)(=O)NCC#CCOc1cccc(C(F)(F)F)c1. The van der Waals surface area contributed by atoms with Crippen molar-refractivity contribution in [3.8, 4) is 17.6 Å². The summed E-state index contributed by atoms with van der Waals surface area (Å²) in [4.78, 5) is 0. The van der Waals surface area contributed by atoms with E-state index in [-0.39, 0.29) is 24.7 Å². The number of rotatable bonds is 7. The predicted octanol–water partition coefficient (Wildman–Crippen LogP) is 2.81. The normalized spacial score (nSPS) is 11.7. The van der Waals surface area contributed by atoms with Crippen LogP contribution in [0.3, 0.4) is 0 Å². The first kappa shape index (κ1) is 19.3. The van der Waals surface area contributed by atoms with E-state index in [1.165, 1.54) is 12.1 Å². The Kier molecular flexibility index (Phi) is 7.39. The van der Waals surface area contributed by atoms with Crippen molar-refractivity contribution in [1.82, 2.24) is 4.72 Å². The second kappa shape index (κ2) is 8.79. The topological polar surface area (TPSA) is 55.4 Å². The van der Waals surface area contributed by atoms with Gasteiger partial charge in [0.05, 0.1) is 17.9 Å². The van der Waals surface area contributed by atoms with Crippen LogP contribution < -0.4 is 9.46 Å². The van der Waals surface area contributed by atoms with Crippen molar-refractivity contribution in [3.63, 3.8) is 0 Å². The van der Waals surface area contributed by atoms with E-state index in [1.807, 2.05) is 6.92 Å². The second-order valence-corrected chi connectivity index (χ2v) is 6.59. The molecule has 1 N–H and O–H groups in total. The first-order valence-electron chi connectivity index (χ1n) is 6.98. The molecule has 0 saturated carbocycles. The van der Waals surface area contributed by atoms with Crippen molar-refractivity contribution >= 4 is 10.0 Å². The zero-order valence-corrected chi connectivity index (χ0v) is 13.4. The Balaban J connectivity index is 2.41. The van der Waals surface area contributed by atoms with Crippen LogP contribution in [0.1, 0.15) is 25.3 Å². The zero-order valence-electron chi connectivity index (χ0n) is 12.6. The number of unbranched alkanes of at least 4 members (excludes halogenated alkanes) is 1. The quantitative estimate of drug-likeness (QED) is 0.770. The number of benzene rings is 1. The van der Waals surface area contributed by atoms with Crippen molar-refractivity contribution in [2.75, 3.05) is 18.9 Å². The Morgan fingerprint density at radius 2 is 2.00 bits per heavy atom. The lowest BCUT2D eigenvalue weighted by Crippen LogP contribution is -2.26. The predicted molar refractivity (Wildman–Crippen MR) is 81.4 cm³/mol. The summed E-state index contributed by atoms with van der Waals surface area (Å²) in [5, 5.41) is 0. The summed E-state index contributed by atoms with van der Waals surface area (Å²) in [7, 11) is -3.32. The number of halogens is 3. The standard InChI is InChI=1S/C15H18F3NO3S/c1-2-3-11-23(20,21)19-9-4-5-10-22-14-8-6-7-13(12-14)15(16,17)18/h6-8,12,19H,2-3,9-11H2,1H3. The number of alkyl halides is 3. The molecule has 0 fully saturated rings. The third-order valence-electron chi connectivity index (χ3n) is 2.74. The van der Waals surface area contributed by atoms with Crippen LogP contribution in [0.4, 0.5) is 13.2 Å². The molecule has 0 aliphatic rings. The Morgan fingerprint density at radius 3 is 2.65 bits per heavy atom. The summed E-state index contributed by atoms with van der Waals surface area (Å²) in [5.41, 5.74) is -0.799. The summed E-state index contributed by atoms with van der Waals surface area (Å²) in [6.07, 6.45) is -3.08. The Morgan fingerprint density at radius 1 is 1.26 bits per heavy atom. The molecule has 0 amide bonds. The van der Waals surface area contributed by atoms with Crippen LogP contribution in [-0.4, -0.2) is 27.3 Å². The average molecular weight is 349 g/mol. The molecule has 0 saturated heterocycles. The fourth-order valence-corrected chi connectivity index (χ4v) is 2.65. The maximum absolute atomic E-state index is 12.5. The fraction of sp³-hybridized carbons (Fsp3) is 0.467. The molecular weight excluding hydrogens is 331 g/mol. The molecule has 0 radical (unpaired) electrons. The van der Waals surface area contributed by atoms with Crippen LogP contribution >= 0.6 is 0 Å². The summed E-state index contributed by atoms with van der Waals surface area (Å²) >= 11 is 0. The molecular formula is C15H18F3NO3S. The highest BCUT2D eigenvalue weighted by Gasteiger charge is 2.30. The number of nitrogens with one attached hydrogen (secondary N) is 1. The summed E-state index contributed by atoms with van der Waals surface area (Å²) in [6.45, 7) is 1.70. The van der Waals surface area contributed by atoms with Crippen molar-refractivity contribution in [1.29, 1.82) is 0 Å². The minimum atomic E-state index is -4.43. The molecule has 0 aliphatic carbocycles. The fourth-order valence-electron chi connectivity index (χ4n) is 1.55. The molecule has 0 bridgehead atoms. The van der Waals surface area contributed by atoms with E-state index in [1.54, 1.807) is 0 Å². The van der Waals surface area contributed by atoms with Gasteiger partial charge in [-0.1, -0.05) is 31.3 Å². The van der Waals surface area contributed by atoms with E-state index in [4.69, 9.17) is 4.74 Å². The van der Waals surface area contributed by atoms with Crippen molar-refractivity contribution in [2.45, 2.75) is 25.9 Å².